The zero-order valence-corrected chi connectivity index (χ0v) is 15.8. The molecule has 1 heterocycles. The molecule has 0 spiro atoms. The zero-order chi connectivity index (χ0) is 19.9. The number of alkyl halides is 3. The summed E-state index contributed by atoms with van der Waals surface area (Å²) in [7, 11) is 0. The minimum Gasteiger partial charge on any atom is -0.379 e. The van der Waals surface area contributed by atoms with Gasteiger partial charge in [-0.25, -0.2) is 0 Å². The highest BCUT2D eigenvalue weighted by Crippen LogP contribution is 2.25. The fourth-order valence-corrected chi connectivity index (χ4v) is 2.84. The Morgan fingerprint density at radius 2 is 1.93 bits per heavy atom. The molecule has 0 saturated carbocycles. The van der Waals surface area contributed by atoms with Crippen molar-refractivity contribution in [2.45, 2.75) is 18.6 Å². The number of nitro groups is 1. The van der Waals surface area contributed by atoms with E-state index in [1.165, 1.54) is 23.1 Å². The smallest absolute Gasteiger partial charge is 0.379 e. The maximum Gasteiger partial charge on any atom is 0.405 e. The molecule has 1 amide bonds. The molecule has 0 radical (unpaired) electrons. The predicted molar refractivity (Wildman–Crippen MR) is 101 cm³/mol. The van der Waals surface area contributed by atoms with Crippen LogP contribution in [0.5, 0.6) is 0 Å². The van der Waals surface area contributed by atoms with Crippen molar-refractivity contribution in [2.75, 3.05) is 44.6 Å². The molecule has 1 saturated heterocycles. The Hall–Kier alpha value is -2.11. The summed E-state index contributed by atoms with van der Waals surface area (Å²) >= 11 is 0. The molecule has 1 fully saturated rings. The quantitative estimate of drug-likeness (QED) is 0.433. The van der Waals surface area contributed by atoms with E-state index in [1.807, 2.05) is 0 Å². The topological polar surface area (TPSA) is 99.5 Å². The number of rotatable bonds is 8. The van der Waals surface area contributed by atoms with Gasteiger partial charge in [0.1, 0.15) is 11.7 Å². The van der Waals surface area contributed by atoms with E-state index in [4.69, 9.17) is 0 Å². The lowest BCUT2D eigenvalue weighted by atomic mass is 10.2. The fraction of sp³-hybridized carbons (Fsp3) is 0.562. The van der Waals surface area contributed by atoms with E-state index < -0.39 is 29.6 Å². The molecule has 1 aliphatic heterocycles. The number of amides is 1. The molecule has 1 aromatic carbocycles. The molecule has 28 heavy (non-hydrogen) atoms. The third-order valence-electron chi connectivity index (χ3n) is 4.23. The van der Waals surface area contributed by atoms with Crippen LogP contribution in [0.2, 0.25) is 0 Å². The predicted octanol–water partition coefficient (Wildman–Crippen LogP) is 1.77. The van der Waals surface area contributed by atoms with E-state index in [0.29, 0.717) is 13.1 Å². The van der Waals surface area contributed by atoms with E-state index >= 15 is 0 Å². The van der Waals surface area contributed by atoms with Crippen molar-refractivity contribution in [3.63, 3.8) is 0 Å². The number of carbonyl (C=O) groups excluding carboxylic acids is 1. The number of hydrogen-bond acceptors (Lipinski definition) is 6. The van der Waals surface area contributed by atoms with Gasteiger partial charge in [0.25, 0.3) is 5.69 Å². The van der Waals surface area contributed by atoms with Gasteiger partial charge in [0.05, 0.1) is 4.92 Å². The van der Waals surface area contributed by atoms with Crippen molar-refractivity contribution in [3.05, 3.63) is 34.4 Å². The number of carbonyl (C=O) groups is 1. The van der Waals surface area contributed by atoms with Gasteiger partial charge in [0, 0.05) is 51.8 Å². The van der Waals surface area contributed by atoms with E-state index in [-0.39, 0.29) is 49.8 Å². The number of benzene rings is 1. The number of nitrogens with one attached hydrogen (secondary N) is 3. The molecule has 3 N–H and O–H groups in total. The lowest BCUT2D eigenvalue weighted by Gasteiger charge is -2.35. The number of para-hydroxylation sites is 2. The van der Waals surface area contributed by atoms with Gasteiger partial charge in [0.15, 0.2) is 0 Å². The maximum absolute atomic E-state index is 13.3. The van der Waals surface area contributed by atoms with Gasteiger partial charge in [-0.05, 0) is 6.07 Å². The van der Waals surface area contributed by atoms with E-state index in [0.717, 1.165) is 0 Å². The van der Waals surface area contributed by atoms with E-state index in [2.05, 4.69) is 16.0 Å². The summed E-state index contributed by atoms with van der Waals surface area (Å²) in [4.78, 5) is 23.6. The summed E-state index contributed by atoms with van der Waals surface area (Å²) in [5.41, 5.74) is 0.123. The Bertz CT molecular complexity index is 657. The summed E-state index contributed by atoms with van der Waals surface area (Å²) in [6.07, 6.45) is -4.54. The second-order valence-corrected chi connectivity index (χ2v) is 6.10. The fourth-order valence-electron chi connectivity index (χ4n) is 2.84. The summed E-state index contributed by atoms with van der Waals surface area (Å²) in [5.74, 6) is -0.550. The normalized spacial score (nSPS) is 16.0. The molecule has 0 aliphatic carbocycles. The summed E-state index contributed by atoms with van der Waals surface area (Å²) < 4.78 is 39.8. The Morgan fingerprint density at radius 3 is 2.54 bits per heavy atom. The Kier molecular flexibility index (Phi) is 9.42. The van der Waals surface area contributed by atoms with Crippen molar-refractivity contribution in [2.24, 2.45) is 0 Å². The van der Waals surface area contributed by atoms with Crippen LogP contribution < -0.4 is 16.0 Å². The van der Waals surface area contributed by atoms with Crippen molar-refractivity contribution in [1.29, 1.82) is 0 Å². The van der Waals surface area contributed by atoms with Crippen molar-refractivity contribution < 1.29 is 22.9 Å². The van der Waals surface area contributed by atoms with Crippen LogP contribution in [-0.4, -0.2) is 67.2 Å². The number of halogens is 4. The summed E-state index contributed by atoms with van der Waals surface area (Å²) in [5, 5.41) is 19.0. The molecule has 0 bridgehead atoms. The largest absolute Gasteiger partial charge is 0.405 e. The Morgan fingerprint density at radius 1 is 1.29 bits per heavy atom. The van der Waals surface area contributed by atoms with Gasteiger partial charge < -0.3 is 16.0 Å². The van der Waals surface area contributed by atoms with Crippen LogP contribution in [-0.2, 0) is 4.79 Å². The zero-order valence-electron chi connectivity index (χ0n) is 15.0. The van der Waals surface area contributed by atoms with Crippen LogP contribution in [0.3, 0.4) is 0 Å². The van der Waals surface area contributed by atoms with E-state index in [9.17, 15) is 28.1 Å². The lowest BCUT2D eigenvalue weighted by molar-refractivity contribution is -0.384. The monoisotopic (exact) mass is 425 g/mol. The molecule has 8 nitrogen and oxygen atoms in total. The standard InChI is InChI=1S/C16H22F3N5O3.ClH/c17-16(18,19)14(23-9-7-20-8-10-23)11-22-15(25)5-6-21-12-3-1-2-4-13(12)24(26)27;/h1-4,14,20-21H,5-11H2,(H,22,25);1H. The molecule has 1 unspecified atom stereocenters. The Labute approximate surface area is 166 Å². The van der Waals surface area contributed by atoms with Gasteiger partial charge in [-0.3, -0.25) is 19.8 Å². The first-order valence-corrected chi connectivity index (χ1v) is 8.54. The minimum absolute atomic E-state index is 0. The van der Waals surface area contributed by atoms with Gasteiger partial charge in [0.2, 0.25) is 5.91 Å². The van der Waals surface area contributed by atoms with Crippen LogP contribution in [0.4, 0.5) is 24.5 Å². The van der Waals surface area contributed by atoms with Crippen molar-refractivity contribution in [1.82, 2.24) is 15.5 Å². The van der Waals surface area contributed by atoms with Crippen molar-refractivity contribution >= 4 is 29.7 Å². The van der Waals surface area contributed by atoms with Crippen LogP contribution in [0.25, 0.3) is 0 Å². The number of piperazine rings is 1. The minimum atomic E-state index is -4.44. The molecule has 0 aromatic heterocycles. The number of nitro benzene ring substituents is 1. The van der Waals surface area contributed by atoms with Crippen LogP contribution in [0.1, 0.15) is 6.42 Å². The number of nitrogens with zero attached hydrogens (tertiary/aromatic N) is 2. The number of anilines is 1. The molecule has 1 atom stereocenters. The first-order valence-electron chi connectivity index (χ1n) is 8.54. The Balaban J connectivity index is 0.00000392. The molecule has 12 heteroatoms. The summed E-state index contributed by atoms with van der Waals surface area (Å²) in [6, 6.07) is 4.22. The lowest BCUT2D eigenvalue weighted by Crippen LogP contribution is -2.57. The number of hydrogen-bond donors (Lipinski definition) is 3. The molecule has 158 valence electrons. The first kappa shape index (κ1) is 23.9. The average Bonchev–Trinajstić information content (AvgIpc) is 2.62. The molecule has 1 aromatic rings. The third-order valence-corrected chi connectivity index (χ3v) is 4.23. The van der Waals surface area contributed by atoms with E-state index in [1.54, 1.807) is 6.07 Å². The van der Waals surface area contributed by atoms with Crippen LogP contribution in [0, 0.1) is 10.1 Å². The van der Waals surface area contributed by atoms with Gasteiger partial charge in [-0.2, -0.15) is 13.2 Å². The van der Waals surface area contributed by atoms with Crippen LogP contribution in [0.15, 0.2) is 24.3 Å². The van der Waals surface area contributed by atoms with Gasteiger partial charge >= 0.3 is 6.18 Å². The average molecular weight is 426 g/mol. The van der Waals surface area contributed by atoms with Crippen LogP contribution >= 0.6 is 12.4 Å². The van der Waals surface area contributed by atoms with Crippen molar-refractivity contribution in [3.8, 4) is 0 Å². The highest BCUT2D eigenvalue weighted by atomic mass is 35.5. The van der Waals surface area contributed by atoms with Gasteiger partial charge in [-0.15, -0.1) is 12.4 Å². The molecule has 2 rings (SSSR count). The second kappa shape index (κ2) is 11.0. The van der Waals surface area contributed by atoms with Gasteiger partial charge in [-0.1, -0.05) is 12.1 Å². The highest BCUT2D eigenvalue weighted by Gasteiger charge is 2.43. The highest BCUT2D eigenvalue weighted by molar-refractivity contribution is 5.85. The maximum atomic E-state index is 13.3. The molecular weight excluding hydrogens is 403 g/mol. The molecular formula is C16H23ClF3N5O3. The SMILES string of the molecule is Cl.O=C(CCNc1ccccc1[N+](=O)[O-])NCC(N1CCNCC1)C(F)(F)F. The second-order valence-electron chi connectivity index (χ2n) is 6.10. The summed E-state index contributed by atoms with van der Waals surface area (Å²) in [6.45, 7) is 1.02. The first-order chi connectivity index (χ1) is 12.8. The molecule has 1 aliphatic rings. The third kappa shape index (κ3) is 7.13.